The summed E-state index contributed by atoms with van der Waals surface area (Å²) in [5, 5.41) is 4.10. The predicted molar refractivity (Wildman–Crippen MR) is 131 cm³/mol. The fourth-order valence-electron chi connectivity index (χ4n) is 3.72. The molecule has 7 heteroatoms. The number of carbonyl (C=O) groups excluding carboxylic acids is 1. The first-order chi connectivity index (χ1) is 15.1. The summed E-state index contributed by atoms with van der Waals surface area (Å²) in [6.07, 6.45) is 7.84. The van der Waals surface area contributed by atoms with Crippen LogP contribution < -0.4 is 10.9 Å². The van der Waals surface area contributed by atoms with Gasteiger partial charge in [-0.15, -0.1) is 0 Å². The van der Waals surface area contributed by atoms with Gasteiger partial charge in [-0.2, -0.15) is 0 Å². The molecule has 0 saturated carbocycles. The van der Waals surface area contributed by atoms with E-state index in [-0.39, 0.29) is 17.2 Å². The predicted octanol–water partition coefficient (Wildman–Crippen LogP) is 5.78. The number of rotatable bonds is 7. The van der Waals surface area contributed by atoms with Crippen molar-refractivity contribution in [1.82, 2.24) is 9.55 Å². The number of allylic oxidation sites excluding steroid dienone is 2. The van der Waals surface area contributed by atoms with Crippen LogP contribution in [0.5, 0.6) is 0 Å². The van der Waals surface area contributed by atoms with Crippen LogP contribution in [0.15, 0.2) is 74.6 Å². The highest BCUT2D eigenvalue weighted by molar-refractivity contribution is 9.10. The molecule has 1 heterocycles. The topological polar surface area (TPSA) is 64.0 Å². The second-order valence-corrected chi connectivity index (χ2v) is 9.34. The van der Waals surface area contributed by atoms with Crippen molar-refractivity contribution >= 4 is 50.2 Å². The second-order valence-electron chi connectivity index (χ2n) is 7.54. The Morgan fingerprint density at radius 1 is 1.13 bits per heavy atom. The number of nitrogens with one attached hydrogen (secondary N) is 1. The molecule has 0 atom stereocenters. The number of benzene rings is 2. The molecule has 0 saturated heterocycles. The number of fused-ring (bicyclic) bond motifs is 1. The van der Waals surface area contributed by atoms with E-state index >= 15 is 0 Å². The highest BCUT2D eigenvalue weighted by atomic mass is 79.9. The summed E-state index contributed by atoms with van der Waals surface area (Å²) in [4.78, 5) is 30.4. The number of thioether (sulfide) groups is 1. The van der Waals surface area contributed by atoms with Crippen molar-refractivity contribution in [2.24, 2.45) is 0 Å². The van der Waals surface area contributed by atoms with Crippen LogP contribution in [-0.2, 0) is 11.3 Å². The standard InChI is InChI=1S/C24H24BrN3O2S/c25-19-11-5-7-13-21(19)26-22(29)16-31-24-27-20-12-6-4-10-18(20)23(30)28(24)15-14-17-8-2-1-3-9-17/h4-8,10-13H,1-3,9,14-16H2,(H,26,29). The van der Waals surface area contributed by atoms with E-state index in [0.717, 1.165) is 29.4 Å². The van der Waals surface area contributed by atoms with E-state index in [1.54, 1.807) is 4.57 Å². The number of nitrogens with zero attached hydrogens (tertiary/aromatic N) is 2. The summed E-state index contributed by atoms with van der Waals surface area (Å²) >= 11 is 4.74. The molecule has 5 nitrogen and oxygen atoms in total. The molecule has 0 radical (unpaired) electrons. The average molecular weight is 498 g/mol. The lowest BCUT2D eigenvalue weighted by Crippen LogP contribution is -2.24. The molecule has 1 aromatic heterocycles. The quantitative estimate of drug-likeness (QED) is 0.255. The van der Waals surface area contributed by atoms with Gasteiger partial charge in [-0.3, -0.25) is 14.2 Å². The molecule has 0 unspecified atom stereocenters. The molecular weight excluding hydrogens is 474 g/mol. The first kappa shape index (κ1) is 21.8. The van der Waals surface area contributed by atoms with Gasteiger partial charge >= 0.3 is 0 Å². The first-order valence-corrected chi connectivity index (χ1v) is 12.2. The lowest BCUT2D eigenvalue weighted by Gasteiger charge is -2.16. The number of anilines is 1. The maximum atomic E-state index is 13.2. The lowest BCUT2D eigenvalue weighted by atomic mass is 9.97. The molecule has 0 spiro atoms. The van der Waals surface area contributed by atoms with Gasteiger partial charge in [0.2, 0.25) is 5.91 Å². The summed E-state index contributed by atoms with van der Waals surface area (Å²) in [6.45, 7) is 0.580. The van der Waals surface area contributed by atoms with Gasteiger partial charge in [-0.05, 0) is 72.3 Å². The van der Waals surface area contributed by atoms with Crippen LogP contribution in [0.3, 0.4) is 0 Å². The molecule has 4 rings (SSSR count). The Balaban J connectivity index is 1.54. The summed E-state index contributed by atoms with van der Waals surface area (Å²) in [7, 11) is 0. The van der Waals surface area contributed by atoms with Gasteiger partial charge < -0.3 is 5.32 Å². The van der Waals surface area contributed by atoms with E-state index < -0.39 is 0 Å². The molecule has 160 valence electrons. The number of para-hydroxylation sites is 2. The zero-order valence-corrected chi connectivity index (χ0v) is 19.5. The van der Waals surface area contributed by atoms with E-state index in [1.807, 2.05) is 48.5 Å². The number of carbonyl (C=O) groups is 1. The van der Waals surface area contributed by atoms with Crippen LogP contribution in [0.25, 0.3) is 10.9 Å². The number of hydrogen-bond acceptors (Lipinski definition) is 4. The zero-order valence-electron chi connectivity index (χ0n) is 17.1. The maximum absolute atomic E-state index is 13.2. The van der Waals surface area contributed by atoms with Crippen LogP contribution >= 0.6 is 27.7 Å². The van der Waals surface area contributed by atoms with Gasteiger partial charge in [0.1, 0.15) is 0 Å². The van der Waals surface area contributed by atoms with Gasteiger partial charge in [0.25, 0.3) is 5.56 Å². The van der Waals surface area contributed by atoms with Crippen LogP contribution in [0.2, 0.25) is 0 Å². The third-order valence-electron chi connectivity index (χ3n) is 5.35. The Bertz CT molecular complexity index is 1190. The normalized spacial score (nSPS) is 13.8. The van der Waals surface area contributed by atoms with E-state index in [2.05, 4.69) is 27.3 Å². The highest BCUT2D eigenvalue weighted by Gasteiger charge is 2.15. The maximum Gasteiger partial charge on any atom is 0.262 e. The van der Waals surface area contributed by atoms with E-state index in [4.69, 9.17) is 4.98 Å². The Kier molecular flexibility index (Phi) is 7.25. The molecule has 0 bridgehead atoms. The SMILES string of the molecule is O=C(CSc1nc2ccccc2c(=O)n1CCC1=CCCCC1)Nc1ccccc1Br. The smallest absolute Gasteiger partial charge is 0.262 e. The molecule has 0 fully saturated rings. The molecule has 31 heavy (non-hydrogen) atoms. The van der Waals surface area contributed by atoms with Gasteiger partial charge in [0.05, 0.1) is 22.3 Å². The monoisotopic (exact) mass is 497 g/mol. The van der Waals surface area contributed by atoms with E-state index in [0.29, 0.717) is 22.6 Å². The number of amides is 1. The van der Waals surface area contributed by atoms with Crippen molar-refractivity contribution in [3.63, 3.8) is 0 Å². The summed E-state index contributed by atoms with van der Waals surface area (Å²) in [6, 6.07) is 14.9. The number of hydrogen-bond donors (Lipinski definition) is 1. The van der Waals surface area contributed by atoms with Crippen molar-refractivity contribution in [3.05, 3.63) is 75.0 Å². The molecule has 3 aromatic rings. The largest absolute Gasteiger partial charge is 0.324 e. The molecular formula is C24H24BrN3O2S. The molecule has 1 aliphatic rings. The van der Waals surface area contributed by atoms with Gasteiger partial charge in [-0.25, -0.2) is 4.98 Å². The first-order valence-electron chi connectivity index (χ1n) is 10.5. The van der Waals surface area contributed by atoms with E-state index in [9.17, 15) is 9.59 Å². The summed E-state index contributed by atoms with van der Waals surface area (Å²) in [5.41, 5.74) is 2.75. The minimum atomic E-state index is -0.138. The van der Waals surface area contributed by atoms with Gasteiger partial charge in [-0.1, -0.05) is 47.7 Å². The third-order valence-corrected chi connectivity index (χ3v) is 7.02. The number of halogens is 1. The highest BCUT2D eigenvalue weighted by Crippen LogP contribution is 2.24. The molecule has 2 aromatic carbocycles. The lowest BCUT2D eigenvalue weighted by molar-refractivity contribution is -0.113. The van der Waals surface area contributed by atoms with Crippen LogP contribution in [0.4, 0.5) is 5.69 Å². The second kappa shape index (κ2) is 10.3. The third kappa shape index (κ3) is 5.46. The summed E-state index contributed by atoms with van der Waals surface area (Å²) < 4.78 is 2.56. The van der Waals surface area contributed by atoms with Crippen molar-refractivity contribution in [1.29, 1.82) is 0 Å². The van der Waals surface area contributed by atoms with Crippen molar-refractivity contribution in [3.8, 4) is 0 Å². The Hall–Kier alpha value is -2.38. The Morgan fingerprint density at radius 3 is 2.74 bits per heavy atom. The van der Waals surface area contributed by atoms with Crippen LogP contribution in [-0.4, -0.2) is 21.2 Å². The molecule has 1 aliphatic carbocycles. The molecule has 1 amide bonds. The van der Waals surface area contributed by atoms with Crippen molar-refractivity contribution in [2.45, 2.75) is 43.8 Å². The van der Waals surface area contributed by atoms with Gasteiger partial charge in [0.15, 0.2) is 5.16 Å². The minimum absolute atomic E-state index is 0.0456. The number of aromatic nitrogens is 2. The zero-order chi connectivity index (χ0) is 21.6. The minimum Gasteiger partial charge on any atom is -0.324 e. The van der Waals surface area contributed by atoms with E-state index in [1.165, 1.54) is 30.2 Å². The summed E-state index contributed by atoms with van der Waals surface area (Å²) in [5.74, 6) is 0.0373. The fraction of sp³-hybridized carbons (Fsp3) is 0.292. The van der Waals surface area contributed by atoms with Crippen LogP contribution in [0, 0.1) is 0 Å². The van der Waals surface area contributed by atoms with Gasteiger partial charge in [0, 0.05) is 11.0 Å². The molecule has 1 N–H and O–H groups in total. The van der Waals surface area contributed by atoms with Crippen molar-refractivity contribution in [2.75, 3.05) is 11.1 Å². The average Bonchev–Trinajstić information content (AvgIpc) is 2.79. The van der Waals surface area contributed by atoms with Crippen LogP contribution in [0.1, 0.15) is 32.1 Å². The fourth-order valence-corrected chi connectivity index (χ4v) is 4.93. The van der Waals surface area contributed by atoms with Crippen molar-refractivity contribution < 1.29 is 4.79 Å². The Morgan fingerprint density at radius 2 is 1.94 bits per heavy atom. The Labute approximate surface area is 194 Å². The molecule has 0 aliphatic heterocycles.